The number of nitrogens with one attached hydrogen (secondary N) is 1. The number of hydrazine groups is 1. The number of halogens is 1. The number of para-hydroxylation sites is 1. The van der Waals surface area contributed by atoms with E-state index in [4.69, 9.17) is 15.0 Å². The Labute approximate surface area is 104 Å². The molecule has 2 unspecified atom stereocenters. The summed E-state index contributed by atoms with van der Waals surface area (Å²) in [5.41, 5.74) is 2.97. The Kier molecular flexibility index (Phi) is 3.03. The maximum Gasteiger partial charge on any atom is 0.169 e. The molecule has 4 nitrogen and oxygen atoms in total. The van der Waals surface area contributed by atoms with E-state index in [0.717, 1.165) is 24.8 Å². The van der Waals surface area contributed by atoms with Crippen molar-refractivity contribution in [3.05, 3.63) is 35.8 Å². The molecule has 3 rings (SSSR count). The predicted molar refractivity (Wildman–Crippen MR) is 65.2 cm³/mol. The monoisotopic (exact) mass is 250 g/mol. The SMILES string of the molecule is NNC(c1cc2cccc(F)c2o1)C1CCCO1. The first-order valence-electron chi connectivity index (χ1n) is 6.05. The topological polar surface area (TPSA) is 60.4 Å². The molecule has 0 saturated carbocycles. The van der Waals surface area contributed by atoms with Crippen molar-refractivity contribution in [2.24, 2.45) is 5.84 Å². The third-order valence-corrected chi connectivity index (χ3v) is 3.34. The van der Waals surface area contributed by atoms with Crippen molar-refractivity contribution in [3.63, 3.8) is 0 Å². The molecule has 18 heavy (non-hydrogen) atoms. The van der Waals surface area contributed by atoms with Crippen molar-refractivity contribution in [3.8, 4) is 0 Å². The van der Waals surface area contributed by atoms with Crippen LogP contribution in [0.2, 0.25) is 0 Å². The van der Waals surface area contributed by atoms with E-state index in [1.165, 1.54) is 6.07 Å². The van der Waals surface area contributed by atoms with Crippen LogP contribution >= 0.6 is 0 Å². The number of hydrogen-bond donors (Lipinski definition) is 2. The first kappa shape index (κ1) is 11.6. The molecule has 96 valence electrons. The first-order chi connectivity index (χ1) is 8.79. The van der Waals surface area contributed by atoms with E-state index in [9.17, 15) is 4.39 Å². The highest BCUT2D eigenvalue weighted by Crippen LogP contribution is 2.31. The van der Waals surface area contributed by atoms with Gasteiger partial charge in [-0.3, -0.25) is 5.84 Å². The normalized spacial score (nSPS) is 21.6. The van der Waals surface area contributed by atoms with Crippen LogP contribution in [-0.2, 0) is 4.74 Å². The summed E-state index contributed by atoms with van der Waals surface area (Å²) in [6, 6.07) is 6.43. The van der Waals surface area contributed by atoms with Gasteiger partial charge in [0.05, 0.1) is 6.10 Å². The number of nitrogens with two attached hydrogens (primary N) is 1. The van der Waals surface area contributed by atoms with Gasteiger partial charge in [-0.15, -0.1) is 0 Å². The van der Waals surface area contributed by atoms with Crippen molar-refractivity contribution in [1.29, 1.82) is 0 Å². The quantitative estimate of drug-likeness (QED) is 0.648. The van der Waals surface area contributed by atoms with Crippen molar-refractivity contribution in [1.82, 2.24) is 5.43 Å². The van der Waals surface area contributed by atoms with Crippen LogP contribution in [0.15, 0.2) is 28.7 Å². The third-order valence-electron chi connectivity index (χ3n) is 3.34. The Morgan fingerprint density at radius 1 is 1.44 bits per heavy atom. The molecule has 0 aliphatic carbocycles. The van der Waals surface area contributed by atoms with E-state index in [2.05, 4.69) is 5.43 Å². The standard InChI is InChI=1S/C13H15FN2O2/c14-9-4-1-3-8-7-11(18-13(8)9)12(16-15)10-5-2-6-17-10/h1,3-4,7,10,12,16H,2,5-6,15H2. The summed E-state index contributed by atoms with van der Waals surface area (Å²) < 4.78 is 24.7. The summed E-state index contributed by atoms with van der Waals surface area (Å²) >= 11 is 0. The van der Waals surface area contributed by atoms with Crippen LogP contribution in [-0.4, -0.2) is 12.7 Å². The van der Waals surface area contributed by atoms with Crippen LogP contribution in [0.5, 0.6) is 0 Å². The molecule has 1 aromatic heterocycles. The lowest BCUT2D eigenvalue weighted by Crippen LogP contribution is -2.36. The van der Waals surface area contributed by atoms with Gasteiger partial charge in [-0.1, -0.05) is 12.1 Å². The Morgan fingerprint density at radius 3 is 3.00 bits per heavy atom. The van der Waals surface area contributed by atoms with Gasteiger partial charge in [0.25, 0.3) is 0 Å². The number of furan rings is 1. The van der Waals surface area contributed by atoms with Crippen molar-refractivity contribution in [2.45, 2.75) is 25.0 Å². The van der Waals surface area contributed by atoms with Gasteiger partial charge in [0, 0.05) is 12.0 Å². The Balaban J connectivity index is 1.99. The van der Waals surface area contributed by atoms with Gasteiger partial charge in [0.1, 0.15) is 11.8 Å². The third kappa shape index (κ3) is 1.90. The van der Waals surface area contributed by atoms with Crippen LogP contribution in [0.3, 0.4) is 0 Å². The molecule has 1 aliphatic rings. The maximum absolute atomic E-state index is 13.6. The molecular formula is C13H15FN2O2. The summed E-state index contributed by atoms with van der Waals surface area (Å²) in [5.74, 6) is 5.82. The fourth-order valence-electron chi connectivity index (χ4n) is 2.44. The van der Waals surface area contributed by atoms with Gasteiger partial charge in [0.2, 0.25) is 0 Å². The van der Waals surface area contributed by atoms with Crippen LogP contribution < -0.4 is 11.3 Å². The molecule has 2 heterocycles. The predicted octanol–water partition coefficient (Wildman–Crippen LogP) is 2.26. The van der Waals surface area contributed by atoms with Crippen LogP contribution in [0, 0.1) is 5.82 Å². The minimum Gasteiger partial charge on any atom is -0.456 e. The summed E-state index contributed by atoms with van der Waals surface area (Å²) in [7, 11) is 0. The van der Waals surface area contributed by atoms with E-state index in [0.29, 0.717) is 5.76 Å². The number of fused-ring (bicyclic) bond motifs is 1. The molecule has 3 N–H and O–H groups in total. The highest BCUT2D eigenvalue weighted by molar-refractivity contribution is 5.78. The zero-order chi connectivity index (χ0) is 12.5. The van der Waals surface area contributed by atoms with Crippen LogP contribution in [0.25, 0.3) is 11.0 Å². The van der Waals surface area contributed by atoms with Gasteiger partial charge in [-0.05, 0) is 25.0 Å². The lowest BCUT2D eigenvalue weighted by molar-refractivity contribution is 0.0718. The molecule has 2 atom stereocenters. The molecule has 0 spiro atoms. The fourth-order valence-corrected chi connectivity index (χ4v) is 2.44. The zero-order valence-corrected chi connectivity index (χ0v) is 9.86. The van der Waals surface area contributed by atoms with Gasteiger partial charge >= 0.3 is 0 Å². The second kappa shape index (κ2) is 4.68. The molecule has 0 amide bonds. The van der Waals surface area contributed by atoms with Crippen molar-refractivity contribution in [2.75, 3.05) is 6.61 Å². The highest BCUT2D eigenvalue weighted by Gasteiger charge is 2.29. The second-order valence-electron chi connectivity index (χ2n) is 4.50. The lowest BCUT2D eigenvalue weighted by Gasteiger charge is -2.19. The first-order valence-corrected chi connectivity index (χ1v) is 6.05. The zero-order valence-electron chi connectivity index (χ0n) is 9.86. The molecule has 5 heteroatoms. The smallest absolute Gasteiger partial charge is 0.169 e. The van der Waals surface area contributed by atoms with Gasteiger partial charge in [-0.2, -0.15) is 0 Å². The number of benzene rings is 1. The average Bonchev–Trinajstić information content (AvgIpc) is 3.00. The van der Waals surface area contributed by atoms with E-state index in [1.807, 2.05) is 12.1 Å². The Hall–Kier alpha value is -1.43. The van der Waals surface area contributed by atoms with E-state index in [-0.39, 0.29) is 23.5 Å². The largest absolute Gasteiger partial charge is 0.456 e. The molecule has 1 aliphatic heterocycles. The maximum atomic E-state index is 13.6. The molecule has 1 saturated heterocycles. The van der Waals surface area contributed by atoms with Crippen LogP contribution in [0.4, 0.5) is 4.39 Å². The fraction of sp³-hybridized carbons (Fsp3) is 0.385. The molecule has 1 aromatic carbocycles. The number of ether oxygens (including phenoxy) is 1. The highest BCUT2D eigenvalue weighted by atomic mass is 19.1. The number of hydrogen-bond acceptors (Lipinski definition) is 4. The molecular weight excluding hydrogens is 235 g/mol. The minimum atomic E-state index is -0.359. The number of rotatable bonds is 3. The molecule has 0 bridgehead atoms. The van der Waals surface area contributed by atoms with Gasteiger partial charge in [0.15, 0.2) is 11.4 Å². The molecule has 2 aromatic rings. The van der Waals surface area contributed by atoms with E-state index >= 15 is 0 Å². The lowest BCUT2D eigenvalue weighted by atomic mass is 10.1. The summed E-state index contributed by atoms with van der Waals surface area (Å²) in [4.78, 5) is 0. The van der Waals surface area contributed by atoms with E-state index in [1.54, 1.807) is 6.07 Å². The van der Waals surface area contributed by atoms with Gasteiger partial charge < -0.3 is 9.15 Å². The summed E-state index contributed by atoms with van der Waals surface area (Å²) in [6.45, 7) is 0.734. The van der Waals surface area contributed by atoms with Crippen LogP contribution in [0.1, 0.15) is 24.6 Å². The minimum absolute atomic E-state index is 0.0152. The van der Waals surface area contributed by atoms with Crippen molar-refractivity contribution < 1.29 is 13.5 Å². The molecule has 1 fully saturated rings. The molecule has 0 radical (unpaired) electrons. The summed E-state index contributed by atoms with van der Waals surface area (Å²) in [5, 5.41) is 0.739. The summed E-state index contributed by atoms with van der Waals surface area (Å²) in [6.07, 6.45) is 1.92. The van der Waals surface area contributed by atoms with E-state index < -0.39 is 0 Å². The second-order valence-corrected chi connectivity index (χ2v) is 4.50. The van der Waals surface area contributed by atoms with Crippen molar-refractivity contribution >= 4 is 11.0 Å². The average molecular weight is 250 g/mol. The van der Waals surface area contributed by atoms with Gasteiger partial charge in [-0.25, -0.2) is 9.82 Å². The Bertz CT molecular complexity index is 549. The Morgan fingerprint density at radius 2 is 2.33 bits per heavy atom.